The van der Waals surface area contributed by atoms with Crippen molar-refractivity contribution in [3.63, 3.8) is 0 Å². The molecule has 1 aromatic rings. The minimum Gasteiger partial charge on any atom is -0.315 e. The van der Waals surface area contributed by atoms with Crippen molar-refractivity contribution < 1.29 is 16.8 Å². The normalized spacial score (nSPS) is 25.6. The first kappa shape index (κ1) is 17.8. The molecule has 134 valence electrons. The molecular weight excluding hydrogens is 350 g/mol. The second-order valence-electron chi connectivity index (χ2n) is 6.35. The van der Waals surface area contributed by atoms with Crippen molar-refractivity contribution >= 4 is 20.0 Å². The number of benzene rings is 1. The zero-order chi connectivity index (χ0) is 17.5. The molecule has 2 fully saturated rings. The molecule has 0 spiro atoms. The number of fused-ring (bicyclic) bond motifs is 2. The zero-order valence-corrected chi connectivity index (χ0v) is 15.5. The third-order valence-corrected chi connectivity index (χ3v) is 8.44. The van der Waals surface area contributed by atoms with Gasteiger partial charge >= 0.3 is 0 Å². The Bertz CT molecular complexity index is 822. The van der Waals surface area contributed by atoms with E-state index < -0.39 is 20.0 Å². The number of hydrogen-bond donors (Lipinski definition) is 2. The van der Waals surface area contributed by atoms with Crippen LogP contribution in [-0.4, -0.2) is 53.4 Å². The van der Waals surface area contributed by atoms with Crippen LogP contribution in [0.5, 0.6) is 0 Å². The summed E-state index contributed by atoms with van der Waals surface area (Å²) in [6, 6.07) is 4.22. The molecule has 9 heteroatoms. The Kier molecular flexibility index (Phi) is 4.73. The van der Waals surface area contributed by atoms with Gasteiger partial charge in [-0.15, -0.1) is 0 Å². The van der Waals surface area contributed by atoms with Gasteiger partial charge in [0.2, 0.25) is 20.0 Å². The van der Waals surface area contributed by atoms with E-state index in [1.807, 2.05) is 0 Å². The van der Waals surface area contributed by atoms with Crippen LogP contribution >= 0.6 is 0 Å². The number of nitrogens with one attached hydrogen (secondary N) is 2. The van der Waals surface area contributed by atoms with Crippen molar-refractivity contribution in [2.24, 2.45) is 0 Å². The van der Waals surface area contributed by atoms with Gasteiger partial charge in [-0.05, 0) is 63.5 Å². The summed E-state index contributed by atoms with van der Waals surface area (Å²) < 4.78 is 54.1. The van der Waals surface area contributed by atoms with E-state index in [2.05, 4.69) is 10.0 Å². The van der Waals surface area contributed by atoms with Gasteiger partial charge in [-0.1, -0.05) is 0 Å². The summed E-state index contributed by atoms with van der Waals surface area (Å²) in [5.74, 6) is 0. The first-order valence-corrected chi connectivity index (χ1v) is 11.0. The zero-order valence-electron chi connectivity index (χ0n) is 13.8. The predicted octanol–water partition coefficient (Wildman–Crippen LogP) is 0.418. The van der Waals surface area contributed by atoms with Gasteiger partial charge in [0.25, 0.3) is 0 Å². The fourth-order valence-electron chi connectivity index (χ4n) is 3.65. The van der Waals surface area contributed by atoms with Crippen molar-refractivity contribution in [1.82, 2.24) is 14.3 Å². The van der Waals surface area contributed by atoms with E-state index in [1.165, 1.54) is 25.2 Å². The van der Waals surface area contributed by atoms with Crippen molar-refractivity contribution in [3.8, 4) is 0 Å². The summed E-state index contributed by atoms with van der Waals surface area (Å²) in [6.07, 6.45) is 2.56. The first-order chi connectivity index (χ1) is 11.3. The number of sulfonamides is 2. The Labute approximate surface area is 143 Å². The van der Waals surface area contributed by atoms with Crippen LogP contribution in [0.2, 0.25) is 0 Å². The van der Waals surface area contributed by atoms with Crippen molar-refractivity contribution in [3.05, 3.63) is 23.8 Å². The minimum atomic E-state index is -3.63. The standard InChI is InChI=1S/C15H23N3O4S2/c1-11-9-14(5-6-15(11)23(19,20)16-2)24(21,22)18-12-3-4-13(18)10-17-8-7-12/h5-6,9,12-13,16-17H,3-4,7-8,10H2,1-2H3. The highest BCUT2D eigenvalue weighted by Gasteiger charge is 2.43. The molecule has 2 N–H and O–H groups in total. The third kappa shape index (κ3) is 2.99. The molecule has 0 aromatic heterocycles. The Morgan fingerprint density at radius 2 is 1.83 bits per heavy atom. The third-order valence-electron chi connectivity index (χ3n) is 4.87. The summed E-state index contributed by atoms with van der Waals surface area (Å²) in [5, 5.41) is 3.29. The van der Waals surface area contributed by atoms with E-state index in [9.17, 15) is 16.8 Å². The molecule has 2 aliphatic heterocycles. The minimum absolute atomic E-state index is 0.0241. The highest BCUT2D eigenvalue weighted by atomic mass is 32.2. The number of rotatable bonds is 4. The smallest absolute Gasteiger partial charge is 0.243 e. The fraction of sp³-hybridized carbons (Fsp3) is 0.600. The number of nitrogens with zero attached hydrogens (tertiary/aromatic N) is 1. The first-order valence-electron chi connectivity index (χ1n) is 8.06. The van der Waals surface area contributed by atoms with Crippen LogP contribution in [0, 0.1) is 6.92 Å². The topological polar surface area (TPSA) is 95.6 Å². The van der Waals surface area contributed by atoms with E-state index in [-0.39, 0.29) is 21.9 Å². The van der Waals surface area contributed by atoms with Crippen molar-refractivity contribution in [2.45, 2.75) is 48.1 Å². The highest BCUT2D eigenvalue weighted by Crippen LogP contribution is 2.34. The van der Waals surface area contributed by atoms with Gasteiger partial charge in [0.05, 0.1) is 9.79 Å². The van der Waals surface area contributed by atoms with Gasteiger partial charge in [-0.25, -0.2) is 21.6 Å². The van der Waals surface area contributed by atoms with E-state index in [0.717, 1.165) is 25.8 Å². The highest BCUT2D eigenvalue weighted by molar-refractivity contribution is 7.89. The van der Waals surface area contributed by atoms with Crippen LogP contribution in [0.15, 0.2) is 28.0 Å². The summed E-state index contributed by atoms with van der Waals surface area (Å²) in [7, 11) is -5.90. The largest absolute Gasteiger partial charge is 0.315 e. The molecule has 3 rings (SSSR count). The van der Waals surface area contributed by atoms with Gasteiger partial charge in [0.15, 0.2) is 0 Å². The molecule has 2 aliphatic rings. The maximum Gasteiger partial charge on any atom is 0.243 e. The molecule has 0 aliphatic carbocycles. The van der Waals surface area contributed by atoms with Crippen LogP contribution in [0.3, 0.4) is 0 Å². The molecule has 0 amide bonds. The molecule has 0 radical (unpaired) electrons. The van der Waals surface area contributed by atoms with Gasteiger partial charge in [0.1, 0.15) is 0 Å². The lowest BCUT2D eigenvalue weighted by Crippen LogP contribution is -2.42. The van der Waals surface area contributed by atoms with Gasteiger partial charge in [-0.2, -0.15) is 4.31 Å². The van der Waals surface area contributed by atoms with E-state index in [1.54, 1.807) is 11.2 Å². The fourth-order valence-corrected chi connectivity index (χ4v) is 6.58. The van der Waals surface area contributed by atoms with E-state index in [0.29, 0.717) is 12.1 Å². The van der Waals surface area contributed by atoms with Crippen LogP contribution in [0.25, 0.3) is 0 Å². The average molecular weight is 374 g/mol. The summed E-state index contributed by atoms with van der Waals surface area (Å²) >= 11 is 0. The Morgan fingerprint density at radius 1 is 1.12 bits per heavy atom. The van der Waals surface area contributed by atoms with E-state index >= 15 is 0 Å². The van der Waals surface area contributed by atoms with Gasteiger partial charge in [0, 0.05) is 18.6 Å². The quantitative estimate of drug-likeness (QED) is 0.797. The number of aryl methyl sites for hydroxylation is 1. The monoisotopic (exact) mass is 373 g/mol. The molecule has 2 saturated heterocycles. The van der Waals surface area contributed by atoms with Crippen LogP contribution in [0.1, 0.15) is 24.8 Å². The lowest BCUT2D eigenvalue weighted by atomic mass is 10.1. The Hall–Kier alpha value is -1.00. The molecule has 7 nitrogen and oxygen atoms in total. The molecule has 2 bridgehead atoms. The van der Waals surface area contributed by atoms with Crippen LogP contribution < -0.4 is 10.0 Å². The molecular formula is C15H23N3O4S2. The molecule has 1 aromatic carbocycles. The van der Waals surface area contributed by atoms with Gasteiger partial charge in [-0.3, -0.25) is 0 Å². The molecule has 24 heavy (non-hydrogen) atoms. The molecule has 2 atom stereocenters. The maximum absolute atomic E-state index is 13.1. The van der Waals surface area contributed by atoms with E-state index in [4.69, 9.17) is 0 Å². The lowest BCUT2D eigenvalue weighted by molar-refractivity contribution is 0.334. The summed E-state index contributed by atoms with van der Waals surface area (Å²) in [4.78, 5) is 0.262. The Balaban J connectivity index is 2.00. The van der Waals surface area contributed by atoms with Gasteiger partial charge < -0.3 is 5.32 Å². The molecule has 2 unspecified atom stereocenters. The second kappa shape index (κ2) is 6.38. The SMILES string of the molecule is CNS(=O)(=O)c1ccc(S(=O)(=O)N2C3CCNCC2CC3)cc1C. The summed E-state index contributed by atoms with van der Waals surface area (Å²) in [6.45, 7) is 3.11. The van der Waals surface area contributed by atoms with Crippen molar-refractivity contribution in [1.29, 1.82) is 0 Å². The molecule has 0 saturated carbocycles. The Morgan fingerprint density at radius 3 is 2.50 bits per heavy atom. The predicted molar refractivity (Wildman–Crippen MR) is 90.7 cm³/mol. The summed E-state index contributed by atoms with van der Waals surface area (Å²) in [5.41, 5.74) is 0.422. The molecule has 2 heterocycles. The lowest BCUT2D eigenvalue weighted by Gasteiger charge is -2.27. The maximum atomic E-state index is 13.1. The van der Waals surface area contributed by atoms with Crippen molar-refractivity contribution in [2.75, 3.05) is 20.1 Å². The van der Waals surface area contributed by atoms with Crippen LogP contribution in [-0.2, 0) is 20.0 Å². The number of hydrogen-bond acceptors (Lipinski definition) is 5. The van der Waals surface area contributed by atoms with Crippen LogP contribution in [0.4, 0.5) is 0 Å². The average Bonchev–Trinajstić information content (AvgIpc) is 2.80. The second-order valence-corrected chi connectivity index (χ2v) is 10.0.